The number of nitrogens with one attached hydrogen (secondary N) is 1. The van der Waals surface area contributed by atoms with Gasteiger partial charge in [-0.05, 0) is 24.6 Å². The summed E-state index contributed by atoms with van der Waals surface area (Å²) in [6.07, 6.45) is 6.04. The summed E-state index contributed by atoms with van der Waals surface area (Å²) in [5, 5.41) is 3.42. The molecule has 1 unspecified atom stereocenters. The van der Waals surface area contributed by atoms with Crippen molar-refractivity contribution in [2.24, 2.45) is 0 Å². The fraction of sp³-hybridized carbons (Fsp3) is 0.400. The van der Waals surface area contributed by atoms with Gasteiger partial charge in [-0.2, -0.15) is 0 Å². The lowest BCUT2D eigenvalue weighted by Gasteiger charge is -2.20. The van der Waals surface area contributed by atoms with Crippen LogP contribution in [-0.4, -0.2) is 28.6 Å². The highest BCUT2D eigenvalue weighted by Gasteiger charge is 2.22. The normalized spacial score (nSPS) is 12.2. The summed E-state index contributed by atoms with van der Waals surface area (Å²) in [6, 6.07) is 3.94. The van der Waals surface area contributed by atoms with Crippen LogP contribution < -0.4 is 10.1 Å². The lowest BCUT2D eigenvalue weighted by atomic mass is 10.0. The Morgan fingerprint density at radius 2 is 1.85 bits per heavy atom. The van der Waals surface area contributed by atoms with Crippen LogP contribution in [0.25, 0.3) is 0 Å². The number of nitrogens with zero attached hydrogens (tertiary/aromatic N) is 3. The molecule has 2 aromatic heterocycles. The molecule has 0 saturated carbocycles. The number of rotatable bonds is 6. The lowest BCUT2D eigenvalue weighted by Crippen LogP contribution is -2.25. The Morgan fingerprint density at radius 1 is 1.10 bits per heavy atom. The molecule has 5 nitrogen and oxygen atoms in total. The molecule has 106 valence electrons. The fourth-order valence-electron chi connectivity index (χ4n) is 2.23. The maximum atomic E-state index is 5.33. The van der Waals surface area contributed by atoms with E-state index in [1.807, 2.05) is 12.3 Å². The van der Waals surface area contributed by atoms with Gasteiger partial charge in [0, 0.05) is 18.6 Å². The predicted molar refractivity (Wildman–Crippen MR) is 77.7 cm³/mol. The Hall–Kier alpha value is -2.01. The molecular formula is C15H20N4O. The molecule has 0 radical (unpaired) electrons. The Bertz CT molecular complexity index is 512. The van der Waals surface area contributed by atoms with Crippen LogP contribution in [-0.2, 0) is 6.42 Å². The molecule has 0 spiro atoms. The Morgan fingerprint density at radius 3 is 2.55 bits per heavy atom. The van der Waals surface area contributed by atoms with E-state index in [0.29, 0.717) is 5.88 Å². The van der Waals surface area contributed by atoms with Crippen LogP contribution in [0, 0.1) is 0 Å². The van der Waals surface area contributed by atoms with Gasteiger partial charge in [-0.3, -0.25) is 9.97 Å². The maximum absolute atomic E-state index is 5.33. The molecule has 2 rings (SSSR count). The van der Waals surface area contributed by atoms with Crippen molar-refractivity contribution in [3.8, 4) is 5.88 Å². The summed E-state index contributed by atoms with van der Waals surface area (Å²) in [4.78, 5) is 13.2. The van der Waals surface area contributed by atoms with Crippen molar-refractivity contribution in [1.29, 1.82) is 0 Å². The van der Waals surface area contributed by atoms with E-state index in [2.05, 4.69) is 40.2 Å². The molecule has 20 heavy (non-hydrogen) atoms. The van der Waals surface area contributed by atoms with E-state index < -0.39 is 0 Å². The van der Waals surface area contributed by atoms with E-state index in [1.165, 1.54) is 5.56 Å². The molecule has 0 bridgehead atoms. The van der Waals surface area contributed by atoms with Crippen LogP contribution in [0.2, 0.25) is 0 Å². The fourth-order valence-corrected chi connectivity index (χ4v) is 2.23. The van der Waals surface area contributed by atoms with Crippen molar-refractivity contribution in [3.63, 3.8) is 0 Å². The lowest BCUT2D eigenvalue weighted by molar-refractivity contribution is 0.382. The first-order valence-electron chi connectivity index (χ1n) is 6.83. The van der Waals surface area contributed by atoms with Gasteiger partial charge in [-0.25, -0.2) is 4.98 Å². The summed E-state index contributed by atoms with van der Waals surface area (Å²) in [5.41, 5.74) is 2.95. The average Bonchev–Trinajstić information content (AvgIpc) is 2.52. The average molecular weight is 272 g/mol. The Kier molecular flexibility index (Phi) is 5.01. The highest BCUT2D eigenvalue weighted by molar-refractivity contribution is 5.33. The van der Waals surface area contributed by atoms with Crippen molar-refractivity contribution in [2.45, 2.75) is 26.3 Å². The minimum Gasteiger partial charge on any atom is -0.480 e. The van der Waals surface area contributed by atoms with E-state index >= 15 is 0 Å². The van der Waals surface area contributed by atoms with E-state index in [1.54, 1.807) is 19.5 Å². The molecule has 1 atom stereocenters. The van der Waals surface area contributed by atoms with Gasteiger partial charge in [0.2, 0.25) is 5.88 Å². The van der Waals surface area contributed by atoms with Gasteiger partial charge in [0.05, 0.1) is 18.8 Å². The summed E-state index contributed by atoms with van der Waals surface area (Å²) < 4.78 is 5.33. The number of hydrogen-bond acceptors (Lipinski definition) is 5. The molecule has 0 aliphatic heterocycles. The molecule has 0 aliphatic carbocycles. The maximum Gasteiger partial charge on any atom is 0.237 e. The number of pyridine rings is 1. The Labute approximate surface area is 119 Å². The minimum absolute atomic E-state index is 0.111. The quantitative estimate of drug-likeness (QED) is 0.873. The van der Waals surface area contributed by atoms with Crippen LogP contribution in [0.1, 0.15) is 36.8 Å². The van der Waals surface area contributed by atoms with Gasteiger partial charge in [0.15, 0.2) is 0 Å². The smallest absolute Gasteiger partial charge is 0.237 e. The van der Waals surface area contributed by atoms with Crippen LogP contribution in [0.15, 0.2) is 30.7 Å². The van der Waals surface area contributed by atoms with Gasteiger partial charge in [0.25, 0.3) is 0 Å². The van der Waals surface area contributed by atoms with Crippen molar-refractivity contribution in [1.82, 2.24) is 20.3 Å². The monoisotopic (exact) mass is 272 g/mol. The van der Waals surface area contributed by atoms with Crippen molar-refractivity contribution >= 4 is 0 Å². The third-order valence-electron chi connectivity index (χ3n) is 3.15. The summed E-state index contributed by atoms with van der Waals surface area (Å²) >= 11 is 0. The number of hydrogen-bond donors (Lipinski definition) is 1. The molecule has 2 heterocycles. The third-order valence-corrected chi connectivity index (χ3v) is 3.15. The van der Waals surface area contributed by atoms with Gasteiger partial charge >= 0.3 is 0 Å². The summed E-state index contributed by atoms with van der Waals surface area (Å²) in [6.45, 7) is 4.99. The number of aromatic nitrogens is 3. The molecule has 5 heteroatoms. The van der Waals surface area contributed by atoms with E-state index in [0.717, 1.165) is 24.4 Å². The zero-order valence-corrected chi connectivity index (χ0v) is 12.1. The largest absolute Gasteiger partial charge is 0.480 e. The van der Waals surface area contributed by atoms with Crippen LogP contribution >= 0.6 is 0 Å². The van der Waals surface area contributed by atoms with E-state index in [-0.39, 0.29) is 6.04 Å². The summed E-state index contributed by atoms with van der Waals surface area (Å²) in [5.74, 6) is 0.533. The Balaban J connectivity index is 2.50. The van der Waals surface area contributed by atoms with Crippen molar-refractivity contribution < 1.29 is 4.74 Å². The molecule has 2 aromatic rings. The highest BCUT2D eigenvalue weighted by Crippen LogP contribution is 2.27. The molecule has 0 amide bonds. The second-order valence-corrected chi connectivity index (χ2v) is 4.34. The summed E-state index contributed by atoms with van der Waals surface area (Å²) in [7, 11) is 1.61. The first-order valence-corrected chi connectivity index (χ1v) is 6.83. The van der Waals surface area contributed by atoms with Gasteiger partial charge < -0.3 is 10.1 Å². The second-order valence-electron chi connectivity index (χ2n) is 4.34. The second kappa shape index (κ2) is 6.96. The number of methoxy groups -OCH3 is 1. The minimum atomic E-state index is -0.111. The SMILES string of the molecule is CCNC(c1ncccc1CC)c1nccnc1OC. The predicted octanol–water partition coefficient (Wildman–Crippen LogP) is 2.14. The topological polar surface area (TPSA) is 59.9 Å². The van der Waals surface area contributed by atoms with Crippen LogP contribution in [0.4, 0.5) is 0 Å². The molecule has 0 fully saturated rings. The van der Waals surface area contributed by atoms with E-state index in [9.17, 15) is 0 Å². The third kappa shape index (κ3) is 2.93. The standard InChI is InChI=1S/C15H20N4O/c1-4-11-7-6-8-17-12(11)13(16-5-2)14-15(20-3)19-10-9-18-14/h6-10,13,16H,4-5H2,1-3H3. The zero-order valence-electron chi connectivity index (χ0n) is 12.1. The van der Waals surface area contributed by atoms with Crippen LogP contribution in [0.3, 0.4) is 0 Å². The number of ether oxygens (including phenoxy) is 1. The first-order chi connectivity index (χ1) is 9.81. The molecule has 0 aliphatic rings. The van der Waals surface area contributed by atoms with Gasteiger partial charge in [-0.15, -0.1) is 0 Å². The molecule has 1 N–H and O–H groups in total. The van der Waals surface area contributed by atoms with Crippen LogP contribution in [0.5, 0.6) is 5.88 Å². The number of aryl methyl sites for hydroxylation is 1. The highest BCUT2D eigenvalue weighted by atomic mass is 16.5. The molecular weight excluding hydrogens is 252 g/mol. The molecule has 0 saturated heterocycles. The van der Waals surface area contributed by atoms with Crippen molar-refractivity contribution in [2.75, 3.05) is 13.7 Å². The molecule has 0 aromatic carbocycles. The van der Waals surface area contributed by atoms with E-state index in [4.69, 9.17) is 4.74 Å². The first kappa shape index (κ1) is 14.4. The van der Waals surface area contributed by atoms with Gasteiger partial charge in [-0.1, -0.05) is 19.9 Å². The zero-order chi connectivity index (χ0) is 14.4. The van der Waals surface area contributed by atoms with Crippen molar-refractivity contribution in [3.05, 3.63) is 47.7 Å². The van der Waals surface area contributed by atoms with Gasteiger partial charge in [0.1, 0.15) is 5.69 Å².